The molecule has 6 heteroatoms. The molecule has 150 valence electrons. The third-order valence-electron chi connectivity index (χ3n) is 5.28. The Morgan fingerprint density at radius 3 is 2.76 bits per heavy atom. The van der Waals surface area contributed by atoms with Crippen molar-refractivity contribution in [3.63, 3.8) is 0 Å². The molecule has 3 aromatic rings. The Hall–Kier alpha value is -3.28. The van der Waals surface area contributed by atoms with Gasteiger partial charge in [0.15, 0.2) is 0 Å². The largest absolute Gasteiger partial charge is 0.497 e. The van der Waals surface area contributed by atoms with Crippen molar-refractivity contribution in [2.75, 3.05) is 20.8 Å². The maximum Gasteiger partial charge on any atom is 0.229 e. The number of benzene rings is 2. The molecule has 1 aliphatic rings. The maximum atomic E-state index is 13.0. The third kappa shape index (κ3) is 3.97. The van der Waals surface area contributed by atoms with Gasteiger partial charge in [0.25, 0.3) is 0 Å². The lowest BCUT2D eigenvalue weighted by Crippen LogP contribution is -2.32. The van der Waals surface area contributed by atoms with E-state index in [-0.39, 0.29) is 18.4 Å². The minimum absolute atomic E-state index is 0.0103. The fourth-order valence-corrected chi connectivity index (χ4v) is 3.84. The van der Waals surface area contributed by atoms with E-state index in [2.05, 4.69) is 4.98 Å². The molecule has 0 bridgehead atoms. The molecule has 29 heavy (non-hydrogen) atoms. The lowest BCUT2D eigenvalue weighted by atomic mass is 10.0. The Morgan fingerprint density at radius 2 is 2.00 bits per heavy atom. The van der Waals surface area contributed by atoms with E-state index >= 15 is 0 Å². The van der Waals surface area contributed by atoms with Crippen LogP contribution in [0.5, 0.6) is 11.5 Å². The van der Waals surface area contributed by atoms with Crippen molar-refractivity contribution in [2.45, 2.75) is 25.3 Å². The molecule has 0 saturated carbocycles. The number of aromatic nitrogens is 1. The Balaban J connectivity index is 1.51. The van der Waals surface area contributed by atoms with Gasteiger partial charge in [0, 0.05) is 23.7 Å². The first-order valence-electron chi connectivity index (χ1n) is 9.71. The van der Waals surface area contributed by atoms with Crippen molar-refractivity contribution >= 4 is 5.91 Å². The fraction of sp³-hybridized carbons (Fsp3) is 0.304. The quantitative estimate of drug-likeness (QED) is 0.627. The van der Waals surface area contributed by atoms with Gasteiger partial charge in [-0.1, -0.05) is 18.2 Å². The van der Waals surface area contributed by atoms with Crippen molar-refractivity contribution in [3.05, 3.63) is 66.1 Å². The molecule has 1 saturated heterocycles. The fourth-order valence-electron chi connectivity index (χ4n) is 3.84. The first-order valence-corrected chi connectivity index (χ1v) is 9.71. The summed E-state index contributed by atoms with van der Waals surface area (Å²) in [5.74, 6) is 2.04. The second-order valence-corrected chi connectivity index (χ2v) is 7.04. The Bertz CT molecular complexity index is 984. The molecule has 0 aliphatic carbocycles. The number of hydrogen-bond acceptors (Lipinski definition) is 5. The number of carbonyl (C=O) groups excluding carboxylic acids is 1. The zero-order valence-corrected chi connectivity index (χ0v) is 16.6. The lowest BCUT2D eigenvalue weighted by Gasteiger charge is -2.26. The summed E-state index contributed by atoms with van der Waals surface area (Å²) in [6.45, 7) is 0.724. The lowest BCUT2D eigenvalue weighted by molar-refractivity contribution is -0.131. The summed E-state index contributed by atoms with van der Waals surface area (Å²) in [5, 5.41) is 0. The van der Waals surface area contributed by atoms with E-state index in [1.165, 1.54) is 0 Å². The molecule has 0 spiro atoms. The second-order valence-electron chi connectivity index (χ2n) is 7.04. The molecule has 4 rings (SSSR count). The van der Waals surface area contributed by atoms with Crippen molar-refractivity contribution in [1.29, 1.82) is 0 Å². The highest BCUT2D eigenvalue weighted by molar-refractivity contribution is 5.79. The van der Waals surface area contributed by atoms with Crippen LogP contribution in [0.2, 0.25) is 0 Å². The minimum atomic E-state index is -0.0103. The first-order chi connectivity index (χ1) is 14.2. The molecular formula is C23H24N2O4. The van der Waals surface area contributed by atoms with Gasteiger partial charge < -0.3 is 18.8 Å². The molecule has 0 radical (unpaired) electrons. The summed E-state index contributed by atoms with van der Waals surface area (Å²) in [4.78, 5) is 19.5. The number of nitrogens with zero attached hydrogens (tertiary/aromatic N) is 2. The third-order valence-corrected chi connectivity index (χ3v) is 5.28. The van der Waals surface area contributed by atoms with Crippen LogP contribution in [-0.4, -0.2) is 36.6 Å². The molecular weight excluding hydrogens is 368 g/mol. The van der Waals surface area contributed by atoms with Gasteiger partial charge in [-0.15, -0.1) is 0 Å². The number of carbonyl (C=O) groups is 1. The van der Waals surface area contributed by atoms with E-state index in [0.717, 1.165) is 42.0 Å². The number of methoxy groups -OCH3 is 2. The summed E-state index contributed by atoms with van der Waals surface area (Å²) in [6.07, 6.45) is 3.65. The Kier molecular flexibility index (Phi) is 5.51. The number of rotatable bonds is 6. The summed E-state index contributed by atoms with van der Waals surface area (Å²) in [6, 6.07) is 15.4. The van der Waals surface area contributed by atoms with E-state index in [9.17, 15) is 4.79 Å². The summed E-state index contributed by atoms with van der Waals surface area (Å²) < 4.78 is 16.4. The van der Waals surface area contributed by atoms with E-state index in [0.29, 0.717) is 11.6 Å². The average Bonchev–Trinajstić information content (AvgIpc) is 3.43. The monoisotopic (exact) mass is 392 g/mol. The second kappa shape index (κ2) is 8.39. The van der Waals surface area contributed by atoms with Gasteiger partial charge in [0.05, 0.1) is 32.4 Å². The SMILES string of the molecule is COc1ccc([C@@H]2CCCN2C(=O)Cc2coc(-c3ccccc3)n2)c(OC)c1. The van der Waals surface area contributed by atoms with E-state index in [4.69, 9.17) is 13.9 Å². The van der Waals surface area contributed by atoms with Gasteiger partial charge in [-0.2, -0.15) is 0 Å². The zero-order valence-electron chi connectivity index (χ0n) is 16.6. The van der Waals surface area contributed by atoms with E-state index < -0.39 is 0 Å². The zero-order chi connectivity index (χ0) is 20.2. The van der Waals surface area contributed by atoms with Gasteiger partial charge in [0.2, 0.25) is 11.8 Å². The highest BCUT2D eigenvalue weighted by atomic mass is 16.5. The van der Waals surface area contributed by atoms with Gasteiger partial charge >= 0.3 is 0 Å². The number of likely N-dealkylation sites (tertiary alicyclic amines) is 1. The van der Waals surface area contributed by atoms with Crippen LogP contribution in [0, 0.1) is 0 Å². The highest BCUT2D eigenvalue weighted by Gasteiger charge is 2.32. The first kappa shape index (κ1) is 19.1. The van der Waals surface area contributed by atoms with Crippen LogP contribution in [-0.2, 0) is 11.2 Å². The number of ether oxygens (including phenoxy) is 2. The van der Waals surface area contributed by atoms with Crippen molar-refractivity contribution < 1.29 is 18.7 Å². The molecule has 1 amide bonds. The van der Waals surface area contributed by atoms with Crippen molar-refractivity contribution in [3.8, 4) is 23.0 Å². The summed E-state index contributed by atoms with van der Waals surface area (Å²) in [7, 11) is 3.27. The van der Waals surface area contributed by atoms with E-state index in [1.54, 1.807) is 20.5 Å². The normalized spacial score (nSPS) is 16.1. The molecule has 2 aromatic carbocycles. The topological polar surface area (TPSA) is 64.8 Å². The van der Waals surface area contributed by atoms with Gasteiger partial charge in [-0.3, -0.25) is 4.79 Å². The van der Waals surface area contributed by atoms with E-state index in [1.807, 2.05) is 53.4 Å². The van der Waals surface area contributed by atoms with Crippen LogP contribution in [0.25, 0.3) is 11.5 Å². The Labute approximate surface area is 170 Å². The summed E-state index contributed by atoms with van der Waals surface area (Å²) >= 11 is 0. The van der Waals surface area contributed by atoms with Gasteiger partial charge in [-0.25, -0.2) is 4.98 Å². The van der Waals surface area contributed by atoms with Gasteiger partial charge in [-0.05, 0) is 37.1 Å². The van der Waals surface area contributed by atoms with Crippen LogP contribution < -0.4 is 9.47 Å². The number of amides is 1. The van der Waals surface area contributed by atoms with Crippen LogP contribution in [0.15, 0.2) is 59.2 Å². The van der Waals surface area contributed by atoms with Crippen LogP contribution >= 0.6 is 0 Å². The Morgan fingerprint density at radius 1 is 1.17 bits per heavy atom. The number of hydrogen-bond donors (Lipinski definition) is 0. The number of oxazole rings is 1. The van der Waals surface area contributed by atoms with Crippen LogP contribution in [0.3, 0.4) is 0 Å². The molecule has 1 aromatic heterocycles. The molecule has 0 N–H and O–H groups in total. The predicted octanol–water partition coefficient (Wildman–Crippen LogP) is 4.27. The predicted molar refractivity (Wildman–Crippen MR) is 109 cm³/mol. The molecule has 0 unspecified atom stereocenters. The molecule has 1 aliphatic heterocycles. The summed E-state index contributed by atoms with van der Waals surface area (Å²) in [5.41, 5.74) is 2.54. The van der Waals surface area contributed by atoms with Crippen LogP contribution in [0.1, 0.15) is 30.1 Å². The minimum Gasteiger partial charge on any atom is -0.497 e. The highest BCUT2D eigenvalue weighted by Crippen LogP contribution is 2.39. The van der Waals surface area contributed by atoms with Crippen molar-refractivity contribution in [2.24, 2.45) is 0 Å². The maximum absolute atomic E-state index is 13.0. The molecule has 1 atom stereocenters. The average molecular weight is 392 g/mol. The molecule has 6 nitrogen and oxygen atoms in total. The standard InChI is InChI=1S/C23H24N2O4/c1-27-18-10-11-19(21(14-18)28-2)20-9-6-12-25(20)22(26)13-17-15-29-23(24-17)16-7-4-3-5-8-16/h3-5,7-8,10-11,14-15,20H,6,9,12-13H2,1-2H3/t20-/m0/s1. The van der Waals surface area contributed by atoms with Crippen molar-refractivity contribution in [1.82, 2.24) is 9.88 Å². The molecule has 1 fully saturated rings. The van der Waals surface area contributed by atoms with Crippen LogP contribution in [0.4, 0.5) is 0 Å². The van der Waals surface area contributed by atoms with Gasteiger partial charge in [0.1, 0.15) is 17.8 Å². The molecule has 2 heterocycles. The smallest absolute Gasteiger partial charge is 0.229 e.